The van der Waals surface area contributed by atoms with Crippen LogP contribution in [-0.4, -0.2) is 35.5 Å². The number of hydrogen-bond acceptors (Lipinski definition) is 3. The van der Waals surface area contributed by atoms with Crippen LogP contribution in [0.4, 0.5) is 0 Å². The van der Waals surface area contributed by atoms with Crippen molar-refractivity contribution in [2.75, 3.05) is 12.0 Å². The van der Waals surface area contributed by atoms with Gasteiger partial charge in [0.05, 0.1) is 11.6 Å². The fourth-order valence-corrected chi connectivity index (χ4v) is 3.19. The molecular formula is C13H21ClN4OS. The number of halogens is 1. The maximum absolute atomic E-state index is 11.2. The average Bonchev–Trinajstić information content (AvgIpc) is 2.89. The van der Waals surface area contributed by atoms with E-state index in [4.69, 9.17) is 11.6 Å². The lowest BCUT2D eigenvalue weighted by Gasteiger charge is -2.07. The largest absolute Gasteiger partial charge is 0.312 e. The Morgan fingerprint density at radius 2 is 2.15 bits per heavy atom. The predicted octanol–water partition coefficient (Wildman–Crippen LogP) is 2.23. The predicted molar refractivity (Wildman–Crippen MR) is 83.6 cm³/mol. The van der Waals surface area contributed by atoms with E-state index in [0.29, 0.717) is 11.6 Å². The van der Waals surface area contributed by atoms with E-state index >= 15 is 0 Å². The molecule has 0 saturated carbocycles. The smallest absolute Gasteiger partial charge is 0.158 e. The molecular weight excluding hydrogens is 296 g/mol. The number of fused-ring (bicyclic) bond motifs is 1. The Bertz CT molecular complexity index is 619. The first-order chi connectivity index (χ1) is 9.58. The topological polar surface area (TPSA) is 52.7 Å². The Hall–Kier alpha value is -0.880. The fraction of sp³-hybridized carbons (Fsp3) is 0.692. The number of imidazole rings is 1. The molecule has 2 aromatic heterocycles. The van der Waals surface area contributed by atoms with Gasteiger partial charge in [-0.2, -0.15) is 5.10 Å². The molecule has 7 heteroatoms. The monoisotopic (exact) mass is 316 g/mol. The minimum Gasteiger partial charge on any atom is -0.312 e. The molecule has 0 aromatic carbocycles. The first-order valence-corrected chi connectivity index (χ1v) is 9.11. The summed E-state index contributed by atoms with van der Waals surface area (Å²) in [6.07, 6.45) is 4.56. The summed E-state index contributed by atoms with van der Waals surface area (Å²) >= 11 is 6.01. The SMILES string of the molecule is CCCc1nn(C)c2c1nc(CCl)n2CCCS(C)=O. The lowest BCUT2D eigenvalue weighted by molar-refractivity contribution is 0.633. The summed E-state index contributed by atoms with van der Waals surface area (Å²) in [5.74, 6) is 1.95. The quantitative estimate of drug-likeness (QED) is 0.736. The molecule has 112 valence electrons. The van der Waals surface area contributed by atoms with Gasteiger partial charge in [0.25, 0.3) is 0 Å². The van der Waals surface area contributed by atoms with E-state index in [1.165, 1.54) is 0 Å². The molecule has 2 rings (SSSR count). The molecule has 0 fully saturated rings. The van der Waals surface area contributed by atoms with Gasteiger partial charge in [0, 0.05) is 36.4 Å². The summed E-state index contributed by atoms with van der Waals surface area (Å²) in [6, 6.07) is 0. The highest BCUT2D eigenvalue weighted by atomic mass is 35.5. The van der Waals surface area contributed by atoms with Gasteiger partial charge in [0.15, 0.2) is 5.65 Å². The molecule has 0 aliphatic heterocycles. The maximum Gasteiger partial charge on any atom is 0.158 e. The zero-order valence-corrected chi connectivity index (χ0v) is 13.8. The van der Waals surface area contributed by atoms with E-state index in [9.17, 15) is 4.21 Å². The van der Waals surface area contributed by atoms with Gasteiger partial charge >= 0.3 is 0 Å². The third-order valence-electron chi connectivity index (χ3n) is 3.29. The minimum atomic E-state index is -0.762. The molecule has 0 bridgehead atoms. The molecule has 1 unspecified atom stereocenters. The molecule has 0 aliphatic carbocycles. The molecule has 20 heavy (non-hydrogen) atoms. The summed E-state index contributed by atoms with van der Waals surface area (Å²) < 4.78 is 15.2. The van der Waals surface area contributed by atoms with Crippen LogP contribution in [0.3, 0.4) is 0 Å². The summed E-state index contributed by atoms with van der Waals surface area (Å²) in [7, 11) is 1.18. The van der Waals surface area contributed by atoms with Crippen molar-refractivity contribution in [3.05, 3.63) is 11.5 Å². The van der Waals surface area contributed by atoms with Crippen molar-refractivity contribution in [3.8, 4) is 0 Å². The molecule has 0 radical (unpaired) electrons. The first-order valence-electron chi connectivity index (χ1n) is 6.85. The number of aryl methyl sites for hydroxylation is 3. The number of rotatable bonds is 7. The second-order valence-electron chi connectivity index (χ2n) is 4.94. The molecule has 1 atom stereocenters. The van der Waals surface area contributed by atoms with Crippen LogP contribution in [-0.2, 0) is 36.7 Å². The molecule has 2 aromatic rings. The zero-order chi connectivity index (χ0) is 14.7. The van der Waals surface area contributed by atoms with E-state index in [1.807, 2.05) is 11.7 Å². The van der Waals surface area contributed by atoms with Gasteiger partial charge in [-0.1, -0.05) is 13.3 Å². The van der Waals surface area contributed by atoms with Gasteiger partial charge in [0.2, 0.25) is 0 Å². The minimum absolute atomic E-state index is 0.384. The lowest BCUT2D eigenvalue weighted by atomic mass is 10.2. The zero-order valence-electron chi connectivity index (χ0n) is 12.2. The van der Waals surface area contributed by atoms with Crippen LogP contribution in [0, 0.1) is 0 Å². The highest BCUT2D eigenvalue weighted by molar-refractivity contribution is 7.84. The van der Waals surface area contributed by atoms with Gasteiger partial charge in [-0.15, -0.1) is 11.6 Å². The Labute approximate surface area is 126 Å². The molecule has 0 spiro atoms. The normalized spacial score (nSPS) is 13.2. The summed E-state index contributed by atoms with van der Waals surface area (Å²) in [5.41, 5.74) is 3.02. The van der Waals surface area contributed by atoms with Crippen molar-refractivity contribution in [3.63, 3.8) is 0 Å². The molecule has 0 saturated heterocycles. The number of hydrogen-bond donors (Lipinski definition) is 0. The van der Waals surface area contributed by atoms with Gasteiger partial charge in [-0.3, -0.25) is 8.89 Å². The van der Waals surface area contributed by atoms with Crippen LogP contribution in [0.1, 0.15) is 31.3 Å². The number of alkyl halides is 1. The van der Waals surface area contributed by atoms with Crippen LogP contribution >= 0.6 is 11.6 Å². The van der Waals surface area contributed by atoms with E-state index in [1.54, 1.807) is 6.26 Å². The van der Waals surface area contributed by atoms with Crippen LogP contribution in [0.15, 0.2) is 0 Å². The summed E-state index contributed by atoms with van der Waals surface area (Å²) in [4.78, 5) is 4.64. The van der Waals surface area contributed by atoms with Crippen molar-refractivity contribution in [1.29, 1.82) is 0 Å². The van der Waals surface area contributed by atoms with E-state index in [0.717, 1.165) is 48.5 Å². The summed E-state index contributed by atoms with van der Waals surface area (Å²) in [6.45, 7) is 2.92. The maximum atomic E-state index is 11.2. The highest BCUT2D eigenvalue weighted by Crippen LogP contribution is 2.22. The van der Waals surface area contributed by atoms with Gasteiger partial charge in [0.1, 0.15) is 11.3 Å². The molecule has 0 aliphatic rings. The third-order valence-corrected chi connectivity index (χ3v) is 4.39. The fourth-order valence-electron chi connectivity index (χ4n) is 2.45. The van der Waals surface area contributed by atoms with Crippen molar-refractivity contribution in [2.45, 2.75) is 38.6 Å². The van der Waals surface area contributed by atoms with Crippen LogP contribution in [0.25, 0.3) is 11.2 Å². The summed E-state index contributed by atoms with van der Waals surface area (Å²) in [5, 5.41) is 4.55. The van der Waals surface area contributed by atoms with Crippen molar-refractivity contribution >= 4 is 33.6 Å². The van der Waals surface area contributed by atoms with Crippen LogP contribution in [0.2, 0.25) is 0 Å². The average molecular weight is 317 g/mol. The number of nitrogens with zero attached hydrogens (tertiary/aromatic N) is 4. The van der Waals surface area contributed by atoms with Gasteiger partial charge < -0.3 is 4.57 Å². The molecule has 2 heterocycles. The van der Waals surface area contributed by atoms with E-state index in [-0.39, 0.29) is 0 Å². The van der Waals surface area contributed by atoms with E-state index in [2.05, 4.69) is 21.6 Å². The Balaban J connectivity index is 2.37. The Morgan fingerprint density at radius 1 is 1.40 bits per heavy atom. The Kier molecular flexibility index (Phi) is 5.21. The second-order valence-corrected chi connectivity index (χ2v) is 6.76. The molecule has 0 N–H and O–H groups in total. The molecule has 5 nitrogen and oxygen atoms in total. The van der Waals surface area contributed by atoms with Crippen molar-refractivity contribution < 1.29 is 4.21 Å². The van der Waals surface area contributed by atoms with Gasteiger partial charge in [-0.05, 0) is 12.8 Å². The van der Waals surface area contributed by atoms with Crippen molar-refractivity contribution in [2.24, 2.45) is 7.05 Å². The van der Waals surface area contributed by atoms with Crippen LogP contribution < -0.4 is 0 Å². The van der Waals surface area contributed by atoms with Crippen molar-refractivity contribution in [1.82, 2.24) is 19.3 Å². The lowest BCUT2D eigenvalue weighted by Crippen LogP contribution is -2.09. The third kappa shape index (κ3) is 3.06. The highest BCUT2D eigenvalue weighted by Gasteiger charge is 2.18. The second kappa shape index (κ2) is 6.72. The molecule has 0 amide bonds. The van der Waals surface area contributed by atoms with Crippen LogP contribution in [0.5, 0.6) is 0 Å². The first kappa shape index (κ1) is 15.5. The van der Waals surface area contributed by atoms with Gasteiger partial charge in [-0.25, -0.2) is 4.98 Å². The Morgan fingerprint density at radius 3 is 2.75 bits per heavy atom. The standard InChI is InChI=1S/C13H21ClN4OS/c1-4-6-10-12-13(17(2)16-10)18(11(9-14)15-12)7-5-8-20(3)19/h4-9H2,1-3H3. The van der Waals surface area contributed by atoms with E-state index < -0.39 is 10.8 Å². The number of aromatic nitrogens is 4.